The number of sulfonamides is 1. The summed E-state index contributed by atoms with van der Waals surface area (Å²) in [6.45, 7) is 2.59. The second-order valence-corrected chi connectivity index (χ2v) is 7.18. The van der Waals surface area contributed by atoms with E-state index in [1.54, 1.807) is 19.1 Å². The molecule has 9 heteroatoms. The van der Waals surface area contributed by atoms with Gasteiger partial charge in [-0.25, -0.2) is 8.42 Å². The highest BCUT2D eigenvalue weighted by atomic mass is 32.2. The third kappa shape index (κ3) is 3.66. The van der Waals surface area contributed by atoms with Crippen LogP contribution in [-0.2, 0) is 10.0 Å². The zero-order valence-electron chi connectivity index (χ0n) is 13.4. The molecule has 25 heavy (non-hydrogen) atoms. The molecule has 1 N–H and O–H groups in total. The molecule has 0 aliphatic carbocycles. The van der Waals surface area contributed by atoms with Gasteiger partial charge >= 0.3 is 0 Å². The number of hydrogen-bond acceptors (Lipinski definition) is 6. The van der Waals surface area contributed by atoms with Crippen molar-refractivity contribution in [3.63, 3.8) is 0 Å². The van der Waals surface area contributed by atoms with Gasteiger partial charge in [-0.3, -0.25) is 14.8 Å². The van der Waals surface area contributed by atoms with Gasteiger partial charge in [0.15, 0.2) is 11.5 Å². The van der Waals surface area contributed by atoms with Crippen LogP contribution >= 0.6 is 0 Å². The maximum Gasteiger partial charge on any atom is 0.270 e. The monoisotopic (exact) mass is 364 g/mol. The second-order valence-electron chi connectivity index (χ2n) is 5.52. The zero-order valence-corrected chi connectivity index (χ0v) is 14.2. The minimum Gasteiger partial charge on any atom is -0.490 e. The van der Waals surface area contributed by atoms with E-state index in [1.165, 1.54) is 18.2 Å². The van der Waals surface area contributed by atoms with Crippen molar-refractivity contribution in [3.05, 3.63) is 52.1 Å². The van der Waals surface area contributed by atoms with Crippen molar-refractivity contribution in [3.8, 4) is 11.5 Å². The number of non-ortho nitro benzene ring substituents is 1. The highest BCUT2D eigenvalue weighted by Crippen LogP contribution is 2.33. The summed E-state index contributed by atoms with van der Waals surface area (Å²) in [6.07, 6.45) is 0.739. The molecule has 0 saturated carbocycles. The topological polar surface area (TPSA) is 108 Å². The lowest BCUT2D eigenvalue weighted by Crippen LogP contribution is -2.14. The molecule has 132 valence electrons. The van der Waals surface area contributed by atoms with Crippen molar-refractivity contribution in [2.75, 3.05) is 17.9 Å². The zero-order chi connectivity index (χ0) is 18.0. The number of nitro benzene ring substituents is 1. The minimum absolute atomic E-state index is 0.145. The molecule has 0 radical (unpaired) electrons. The predicted molar refractivity (Wildman–Crippen MR) is 90.7 cm³/mol. The van der Waals surface area contributed by atoms with Crippen molar-refractivity contribution >= 4 is 21.4 Å². The summed E-state index contributed by atoms with van der Waals surface area (Å²) in [6, 6.07) is 8.42. The van der Waals surface area contributed by atoms with Gasteiger partial charge in [0, 0.05) is 24.6 Å². The summed E-state index contributed by atoms with van der Waals surface area (Å²) in [5, 5.41) is 10.9. The largest absolute Gasteiger partial charge is 0.490 e. The summed E-state index contributed by atoms with van der Waals surface area (Å²) < 4.78 is 38.7. The molecule has 8 nitrogen and oxygen atoms in total. The number of aryl methyl sites for hydroxylation is 1. The number of ether oxygens (including phenoxy) is 2. The van der Waals surface area contributed by atoms with Gasteiger partial charge in [-0.15, -0.1) is 0 Å². The Bertz CT molecular complexity index is 926. The third-order valence-electron chi connectivity index (χ3n) is 3.67. The number of anilines is 1. The Morgan fingerprint density at radius 3 is 2.52 bits per heavy atom. The van der Waals surface area contributed by atoms with Crippen molar-refractivity contribution < 1.29 is 22.8 Å². The molecule has 0 saturated heterocycles. The first-order valence-corrected chi connectivity index (χ1v) is 9.03. The predicted octanol–water partition coefficient (Wildman–Crippen LogP) is 2.87. The average Bonchev–Trinajstić information content (AvgIpc) is 2.79. The van der Waals surface area contributed by atoms with E-state index in [2.05, 4.69) is 4.72 Å². The van der Waals surface area contributed by atoms with E-state index in [4.69, 9.17) is 9.47 Å². The Hall–Kier alpha value is -2.81. The van der Waals surface area contributed by atoms with Crippen LogP contribution in [0.25, 0.3) is 0 Å². The SMILES string of the molecule is Cc1ccc([N+](=O)[O-])cc1S(=O)(=O)Nc1ccc2c(c1)OCCCO2. The number of nitrogens with zero attached hydrogens (tertiary/aromatic N) is 1. The van der Waals surface area contributed by atoms with E-state index in [9.17, 15) is 18.5 Å². The third-order valence-corrected chi connectivity index (χ3v) is 5.20. The summed E-state index contributed by atoms with van der Waals surface area (Å²) in [5.41, 5.74) is 0.409. The maximum absolute atomic E-state index is 12.6. The first kappa shape index (κ1) is 17.0. The van der Waals surface area contributed by atoms with Crippen LogP contribution in [0.4, 0.5) is 11.4 Å². The Morgan fingerprint density at radius 2 is 1.80 bits per heavy atom. The molecule has 0 aromatic heterocycles. The lowest BCUT2D eigenvalue weighted by atomic mass is 10.2. The van der Waals surface area contributed by atoms with Gasteiger partial charge in [0.05, 0.1) is 28.7 Å². The maximum atomic E-state index is 12.6. The highest BCUT2D eigenvalue weighted by molar-refractivity contribution is 7.92. The number of hydrogen-bond donors (Lipinski definition) is 1. The number of nitro groups is 1. The molecule has 3 rings (SSSR count). The summed E-state index contributed by atoms with van der Waals surface area (Å²) in [7, 11) is -3.99. The van der Waals surface area contributed by atoms with Crippen LogP contribution in [0.5, 0.6) is 11.5 Å². The highest BCUT2D eigenvalue weighted by Gasteiger charge is 2.21. The van der Waals surface area contributed by atoms with Crippen molar-refractivity contribution in [2.45, 2.75) is 18.2 Å². The molecule has 2 aromatic carbocycles. The molecular formula is C16H16N2O6S. The van der Waals surface area contributed by atoms with Gasteiger partial charge in [-0.05, 0) is 24.6 Å². The average molecular weight is 364 g/mol. The molecule has 0 amide bonds. The number of nitrogens with one attached hydrogen (secondary N) is 1. The van der Waals surface area contributed by atoms with Crippen LogP contribution in [0.3, 0.4) is 0 Å². The van der Waals surface area contributed by atoms with Crippen LogP contribution in [0.2, 0.25) is 0 Å². The molecule has 0 spiro atoms. The first-order chi connectivity index (χ1) is 11.9. The van der Waals surface area contributed by atoms with Crippen LogP contribution in [0.1, 0.15) is 12.0 Å². The van der Waals surface area contributed by atoms with E-state index in [0.717, 1.165) is 12.5 Å². The second kappa shape index (κ2) is 6.60. The molecule has 1 aliphatic heterocycles. The smallest absolute Gasteiger partial charge is 0.270 e. The molecule has 0 fully saturated rings. The summed E-state index contributed by atoms with van der Waals surface area (Å²) in [4.78, 5) is 10.1. The Balaban J connectivity index is 1.93. The molecule has 2 aromatic rings. The van der Waals surface area contributed by atoms with Crippen molar-refractivity contribution in [1.29, 1.82) is 0 Å². The Morgan fingerprint density at radius 1 is 1.08 bits per heavy atom. The fourth-order valence-corrected chi connectivity index (χ4v) is 3.74. The normalized spacial score (nSPS) is 13.8. The molecular weight excluding hydrogens is 348 g/mol. The first-order valence-electron chi connectivity index (χ1n) is 7.54. The van der Waals surface area contributed by atoms with Gasteiger partial charge in [-0.2, -0.15) is 0 Å². The lowest BCUT2D eigenvalue weighted by Gasteiger charge is -2.13. The molecule has 0 atom stereocenters. The summed E-state index contributed by atoms with van der Waals surface area (Å²) in [5.74, 6) is 1.00. The number of rotatable bonds is 4. The van der Waals surface area contributed by atoms with E-state index in [-0.39, 0.29) is 16.3 Å². The molecule has 0 unspecified atom stereocenters. The van der Waals surface area contributed by atoms with Gasteiger partial charge in [0.2, 0.25) is 0 Å². The minimum atomic E-state index is -3.99. The van der Waals surface area contributed by atoms with E-state index in [1.807, 2.05) is 0 Å². The number of benzene rings is 2. The van der Waals surface area contributed by atoms with Crippen molar-refractivity contribution in [1.82, 2.24) is 0 Å². The van der Waals surface area contributed by atoms with Gasteiger partial charge in [0.25, 0.3) is 15.7 Å². The van der Waals surface area contributed by atoms with Gasteiger partial charge in [0.1, 0.15) is 0 Å². The molecule has 1 aliphatic rings. The van der Waals surface area contributed by atoms with Crippen molar-refractivity contribution in [2.24, 2.45) is 0 Å². The summed E-state index contributed by atoms with van der Waals surface area (Å²) >= 11 is 0. The van der Waals surface area contributed by atoms with E-state index >= 15 is 0 Å². The fourth-order valence-electron chi connectivity index (χ4n) is 2.43. The van der Waals surface area contributed by atoms with Gasteiger partial charge in [-0.1, -0.05) is 6.07 Å². The van der Waals surface area contributed by atoms with Gasteiger partial charge < -0.3 is 9.47 Å². The lowest BCUT2D eigenvalue weighted by molar-refractivity contribution is -0.385. The van der Waals surface area contributed by atoms with Crippen LogP contribution < -0.4 is 14.2 Å². The standard InChI is InChI=1S/C16H16N2O6S/c1-11-3-5-13(18(19)20)10-16(11)25(21,22)17-12-4-6-14-15(9-12)24-8-2-7-23-14/h3-6,9-10,17H,2,7-8H2,1H3. The van der Waals surface area contributed by atoms with Crippen LogP contribution in [0, 0.1) is 17.0 Å². The Labute approximate surface area is 144 Å². The van der Waals surface area contributed by atoms with E-state index in [0.29, 0.717) is 30.3 Å². The van der Waals surface area contributed by atoms with Crippen LogP contribution in [-0.4, -0.2) is 26.6 Å². The van der Waals surface area contributed by atoms with Crippen LogP contribution in [0.15, 0.2) is 41.3 Å². The Kier molecular flexibility index (Phi) is 4.49. The molecule has 1 heterocycles. The fraction of sp³-hybridized carbons (Fsp3) is 0.250. The molecule has 0 bridgehead atoms. The number of fused-ring (bicyclic) bond motifs is 1. The van der Waals surface area contributed by atoms with E-state index < -0.39 is 14.9 Å². The quantitative estimate of drug-likeness (QED) is 0.660.